The molecule has 4 rings (SSSR count). The van der Waals surface area contributed by atoms with E-state index in [-0.39, 0.29) is 5.97 Å². The molecule has 4 heteroatoms. The quantitative estimate of drug-likeness (QED) is 0.355. The van der Waals surface area contributed by atoms with Gasteiger partial charge in [0.15, 0.2) is 0 Å². The maximum absolute atomic E-state index is 12.9. The average molecular weight is 471 g/mol. The Morgan fingerprint density at radius 3 is 2.29 bits per heavy atom. The monoisotopic (exact) mass is 470 g/mol. The van der Waals surface area contributed by atoms with Gasteiger partial charge in [0.25, 0.3) is 0 Å². The molecule has 1 heterocycles. The van der Waals surface area contributed by atoms with Gasteiger partial charge in [-0.05, 0) is 69.0 Å². The molecule has 1 unspecified atom stereocenters. The summed E-state index contributed by atoms with van der Waals surface area (Å²) < 4.78 is 5.46. The first-order valence-electron chi connectivity index (χ1n) is 12.9. The van der Waals surface area contributed by atoms with Crippen LogP contribution in [0.15, 0.2) is 78.9 Å². The van der Waals surface area contributed by atoms with Gasteiger partial charge >= 0.3 is 5.97 Å². The van der Waals surface area contributed by atoms with Crippen molar-refractivity contribution in [3.05, 3.63) is 90.0 Å². The van der Waals surface area contributed by atoms with Crippen LogP contribution in [0.1, 0.15) is 37.8 Å². The highest BCUT2D eigenvalue weighted by Crippen LogP contribution is 2.31. The van der Waals surface area contributed by atoms with Gasteiger partial charge in [-0.2, -0.15) is 0 Å². The summed E-state index contributed by atoms with van der Waals surface area (Å²) in [5, 5.41) is 0. The van der Waals surface area contributed by atoms with Crippen molar-refractivity contribution < 1.29 is 9.53 Å². The third-order valence-electron chi connectivity index (χ3n) is 7.26. The molecule has 4 nitrogen and oxygen atoms in total. The van der Waals surface area contributed by atoms with E-state index in [0.29, 0.717) is 6.61 Å². The second-order valence-corrected chi connectivity index (χ2v) is 9.77. The van der Waals surface area contributed by atoms with Crippen LogP contribution in [0.3, 0.4) is 0 Å². The number of esters is 1. The van der Waals surface area contributed by atoms with E-state index in [4.69, 9.17) is 4.74 Å². The number of anilines is 1. The highest BCUT2D eigenvalue weighted by molar-refractivity contribution is 5.82. The smallest absolute Gasteiger partial charge is 0.316 e. The van der Waals surface area contributed by atoms with E-state index in [1.54, 1.807) is 0 Å². The molecule has 0 amide bonds. The molecule has 0 aromatic heterocycles. The standard InChI is InChI=1S/C31H38N2O2/c1-4-35-30(34)31(3,28-11-6-5-7-12-28)18-9-19-32-20-22-33(23-21-32)29-13-8-10-27(24-29)26-16-14-25(2)15-17-26/h5-8,10-17,24H,4,9,18-23H2,1-3H3. The first-order chi connectivity index (χ1) is 17.0. The highest BCUT2D eigenvalue weighted by atomic mass is 16.5. The number of benzene rings is 3. The maximum atomic E-state index is 12.9. The Morgan fingerprint density at radius 1 is 0.886 bits per heavy atom. The predicted molar refractivity (Wildman–Crippen MR) is 145 cm³/mol. The molecule has 1 aliphatic rings. The third-order valence-corrected chi connectivity index (χ3v) is 7.26. The lowest BCUT2D eigenvalue weighted by Gasteiger charge is -2.37. The van der Waals surface area contributed by atoms with Gasteiger partial charge in [-0.1, -0.05) is 72.3 Å². The Bertz CT molecular complexity index is 1090. The van der Waals surface area contributed by atoms with Gasteiger partial charge in [0.05, 0.1) is 12.0 Å². The summed E-state index contributed by atoms with van der Waals surface area (Å²) in [6.07, 6.45) is 1.75. The number of hydrogen-bond donors (Lipinski definition) is 0. The molecule has 0 radical (unpaired) electrons. The highest BCUT2D eigenvalue weighted by Gasteiger charge is 2.36. The van der Waals surface area contributed by atoms with Crippen LogP contribution >= 0.6 is 0 Å². The average Bonchev–Trinajstić information content (AvgIpc) is 2.90. The molecule has 3 aromatic carbocycles. The lowest BCUT2D eigenvalue weighted by Crippen LogP contribution is -2.47. The summed E-state index contributed by atoms with van der Waals surface area (Å²) in [6, 6.07) is 27.7. The molecule has 1 aliphatic heterocycles. The van der Waals surface area contributed by atoms with Crippen LogP contribution in [0, 0.1) is 6.92 Å². The zero-order valence-electron chi connectivity index (χ0n) is 21.4. The van der Waals surface area contributed by atoms with Gasteiger partial charge in [0.2, 0.25) is 0 Å². The lowest BCUT2D eigenvalue weighted by molar-refractivity contribution is -0.149. The zero-order valence-corrected chi connectivity index (χ0v) is 21.4. The van der Waals surface area contributed by atoms with Gasteiger partial charge in [-0.15, -0.1) is 0 Å². The van der Waals surface area contributed by atoms with Crippen molar-refractivity contribution in [3.63, 3.8) is 0 Å². The van der Waals surface area contributed by atoms with Crippen molar-refractivity contribution in [1.82, 2.24) is 4.90 Å². The van der Waals surface area contributed by atoms with Crippen molar-refractivity contribution in [2.75, 3.05) is 44.2 Å². The third kappa shape index (κ3) is 6.12. The van der Waals surface area contributed by atoms with Crippen LogP contribution in [0.2, 0.25) is 0 Å². The molecule has 35 heavy (non-hydrogen) atoms. The molecule has 0 saturated carbocycles. The fraction of sp³-hybridized carbons (Fsp3) is 0.387. The largest absolute Gasteiger partial charge is 0.465 e. The zero-order chi connectivity index (χ0) is 24.7. The van der Waals surface area contributed by atoms with E-state index in [2.05, 4.69) is 65.3 Å². The lowest BCUT2D eigenvalue weighted by atomic mass is 9.78. The predicted octanol–water partition coefficient (Wildman–Crippen LogP) is 6.09. The second kappa shape index (κ2) is 11.5. The van der Waals surface area contributed by atoms with Crippen LogP contribution in [0.5, 0.6) is 0 Å². The van der Waals surface area contributed by atoms with E-state index in [1.807, 2.05) is 44.2 Å². The van der Waals surface area contributed by atoms with Crippen molar-refractivity contribution >= 4 is 11.7 Å². The molecule has 1 atom stereocenters. The molecule has 0 bridgehead atoms. The molecule has 0 aliphatic carbocycles. The molecule has 3 aromatic rings. The van der Waals surface area contributed by atoms with Gasteiger partial charge in [-0.3, -0.25) is 9.69 Å². The Balaban J connectivity index is 1.32. The van der Waals surface area contributed by atoms with Gasteiger partial charge in [0.1, 0.15) is 0 Å². The molecule has 0 spiro atoms. The van der Waals surface area contributed by atoms with E-state index < -0.39 is 5.41 Å². The van der Waals surface area contributed by atoms with Crippen LogP contribution in [-0.4, -0.2) is 50.2 Å². The van der Waals surface area contributed by atoms with E-state index in [0.717, 1.165) is 51.1 Å². The van der Waals surface area contributed by atoms with Crippen molar-refractivity contribution in [3.8, 4) is 11.1 Å². The number of carbonyl (C=O) groups is 1. The summed E-state index contributed by atoms with van der Waals surface area (Å²) in [7, 11) is 0. The minimum Gasteiger partial charge on any atom is -0.465 e. The number of aryl methyl sites for hydroxylation is 1. The second-order valence-electron chi connectivity index (χ2n) is 9.77. The minimum atomic E-state index is -0.602. The Kier molecular flexibility index (Phi) is 8.25. The van der Waals surface area contributed by atoms with Crippen molar-refractivity contribution in [1.29, 1.82) is 0 Å². The van der Waals surface area contributed by atoms with Crippen LogP contribution in [-0.2, 0) is 14.9 Å². The van der Waals surface area contributed by atoms with E-state index in [1.165, 1.54) is 22.4 Å². The SMILES string of the molecule is CCOC(=O)C(C)(CCCN1CCN(c2cccc(-c3ccc(C)cc3)c2)CC1)c1ccccc1. The van der Waals surface area contributed by atoms with E-state index in [9.17, 15) is 4.79 Å². The Hall–Kier alpha value is -3.11. The summed E-state index contributed by atoms with van der Waals surface area (Å²) in [5.74, 6) is -0.121. The normalized spacial score (nSPS) is 16.0. The van der Waals surface area contributed by atoms with E-state index >= 15 is 0 Å². The molecule has 184 valence electrons. The molecular formula is C31H38N2O2. The molecule has 1 saturated heterocycles. The first kappa shape index (κ1) is 25.0. The summed E-state index contributed by atoms with van der Waals surface area (Å²) >= 11 is 0. The molecule has 1 fully saturated rings. The van der Waals surface area contributed by atoms with Gasteiger partial charge in [0, 0.05) is 31.9 Å². The van der Waals surface area contributed by atoms with Crippen molar-refractivity contribution in [2.45, 2.75) is 39.0 Å². The van der Waals surface area contributed by atoms with Crippen LogP contribution in [0.25, 0.3) is 11.1 Å². The topological polar surface area (TPSA) is 32.8 Å². The fourth-order valence-electron chi connectivity index (χ4n) is 4.97. The number of nitrogens with zero attached hydrogens (tertiary/aromatic N) is 2. The number of piperazine rings is 1. The number of carbonyl (C=O) groups excluding carboxylic acids is 1. The Labute approximate surface area is 210 Å². The maximum Gasteiger partial charge on any atom is 0.316 e. The number of rotatable bonds is 9. The fourth-order valence-corrected chi connectivity index (χ4v) is 4.97. The van der Waals surface area contributed by atoms with Gasteiger partial charge in [-0.25, -0.2) is 0 Å². The Morgan fingerprint density at radius 2 is 1.60 bits per heavy atom. The molecular weight excluding hydrogens is 432 g/mol. The number of hydrogen-bond acceptors (Lipinski definition) is 4. The minimum absolute atomic E-state index is 0.121. The van der Waals surface area contributed by atoms with Gasteiger partial charge < -0.3 is 9.64 Å². The molecule has 0 N–H and O–H groups in total. The summed E-state index contributed by atoms with van der Waals surface area (Å²) in [6.45, 7) is 11.5. The summed E-state index contributed by atoms with van der Waals surface area (Å²) in [4.78, 5) is 17.9. The summed E-state index contributed by atoms with van der Waals surface area (Å²) in [5.41, 5.74) is 5.55. The van der Waals surface area contributed by atoms with Crippen molar-refractivity contribution in [2.24, 2.45) is 0 Å². The van der Waals surface area contributed by atoms with Crippen LogP contribution < -0.4 is 4.90 Å². The first-order valence-corrected chi connectivity index (χ1v) is 12.9. The van der Waals surface area contributed by atoms with Crippen LogP contribution in [0.4, 0.5) is 5.69 Å². The number of ether oxygens (including phenoxy) is 1.